The lowest BCUT2D eigenvalue weighted by Gasteiger charge is -2.17. The van der Waals surface area contributed by atoms with Crippen LogP contribution in [-0.4, -0.2) is 38.1 Å². The Morgan fingerprint density at radius 2 is 2.00 bits per heavy atom. The summed E-state index contributed by atoms with van der Waals surface area (Å²) in [5.74, 6) is -0.738. The van der Waals surface area contributed by atoms with E-state index in [2.05, 4.69) is 15.9 Å². The molecule has 5 nitrogen and oxygen atoms in total. The van der Waals surface area contributed by atoms with Crippen LogP contribution in [-0.2, 0) is 26.1 Å². The average Bonchev–Trinajstić information content (AvgIpc) is 2.39. The summed E-state index contributed by atoms with van der Waals surface area (Å²) in [5, 5.41) is 0. The molecule has 0 amide bonds. The molecule has 1 aromatic carbocycles. The minimum absolute atomic E-state index is 0.128. The predicted molar refractivity (Wildman–Crippen MR) is 80.6 cm³/mol. The zero-order valence-electron chi connectivity index (χ0n) is 11.5. The smallest absolute Gasteiger partial charge is 0.306 e. The summed E-state index contributed by atoms with van der Waals surface area (Å²) in [6.45, 7) is 2.20. The Balaban J connectivity index is 2.63. The van der Waals surface area contributed by atoms with E-state index in [1.165, 1.54) is 11.4 Å². The van der Waals surface area contributed by atoms with Crippen LogP contribution in [0.5, 0.6) is 0 Å². The van der Waals surface area contributed by atoms with E-state index in [9.17, 15) is 13.2 Å². The molecule has 7 heteroatoms. The number of carbonyl (C=O) groups excluding carboxylic acids is 1. The molecule has 0 aliphatic heterocycles. The summed E-state index contributed by atoms with van der Waals surface area (Å²) in [7, 11) is -1.98. The molecule has 0 aromatic heterocycles. The summed E-state index contributed by atoms with van der Waals surface area (Å²) in [6.07, 6.45) is -0.128. The van der Waals surface area contributed by atoms with Crippen LogP contribution in [0.25, 0.3) is 0 Å². The average molecular weight is 364 g/mol. The van der Waals surface area contributed by atoms with Gasteiger partial charge in [0.2, 0.25) is 10.0 Å². The van der Waals surface area contributed by atoms with E-state index in [0.29, 0.717) is 0 Å². The number of hydrogen-bond donors (Lipinski definition) is 0. The molecule has 0 fully saturated rings. The van der Waals surface area contributed by atoms with Crippen LogP contribution in [0.2, 0.25) is 0 Å². The third kappa shape index (κ3) is 5.22. The molecule has 0 atom stereocenters. The Morgan fingerprint density at radius 1 is 1.35 bits per heavy atom. The number of nitrogens with zero attached hydrogens (tertiary/aromatic N) is 1. The molecule has 0 saturated carbocycles. The van der Waals surface area contributed by atoms with Crippen molar-refractivity contribution < 1.29 is 17.9 Å². The molecule has 1 rings (SSSR count). The van der Waals surface area contributed by atoms with Gasteiger partial charge in [-0.05, 0) is 18.6 Å². The third-order valence-corrected chi connectivity index (χ3v) is 5.27. The lowest BCUT2D eigenvalue weighted by atomic mass is 10.2. The van der Waals surface area contributed by atoms with E-state index in [1.807, 2.05) is 24.3 Å². The maximum atomic E-state index is 12.1. The van der Waals surface area contributed by atoms with E-state index in [-0.39, 0.29) is 25.3 Å². The van der Waals surface area contributed by atoms with Gasteiger partial charge in [-0.3, -0.25) is 4.79 Å². The van der Waals surface area contributed by atoms with E-state index in [4.69, 9.17) is 4.74 Å². The van der Waals surface area contributed by atoms with E-state index in [1.54, 1.807) is 6.92 Å². The summed E-state index contributed by atoms with van der Waals surface area (Å²) in [6, 6.07) is 7.41. The lowest BCUT2D eigenvalue weighted by Crippen LogP contribution is -2.30. The molecule has 0 heterocycles. The monoisotopic (exact) mass is 363 g/mol. The first-order valence-corrected chi connectivity index (χ1v) is 8.60. The molecular weight excluding hydrogens is 346 g/mol. The highest BCUT2D eigenvalue weighted by Crippen LogP contribution is 2.18. The topological polar surface area (TPSA) is 63.7 Å². The van der Waals surface area contributed by atoms with Crippen molar-refractivity contribution in [3.63, 3.8) is 0 Å². The number of benzene rings is 1. The van der Waals surface area contributed by atoms with Crippen molar-refractivity contribution in [2.24, 2.45) is 0 Å². The quantitative estimate of drug-likeness (QED) is 0.696. The number of halogens is 1. The molecule has 112 valence electrons. The van der Waals surface area contributed by atoms with Gasteiger partial charge in [-0.1, -0.05) is 34.1 Å². The maximum Gasteiger partial charge on any atom is 0.306 e. The summed E-state index contributed by atoms with van der Waals surface area (Å²) in [4.78, 5) is 11.2. The fourth-order valence-corrected chi connectivity index (χ4v) is 3.05. The Labute approximate surface area is 128 Å². The van der Waals surface area contributed by atoms with Crippen molar-refractivity contribution in [3.8, 4) is 0 Å². The van der Waals surface area contributed by atoms with Gasteiger partial charge in [0.1, 0.15) is 0 Å². The molecule has 0 aliphatic rings. The van der Waals surface area contributed by atoms with Crippen molar-refractivity contribution >= 4 is 31.9 Å². The number of ether oxygens (including phenoxy) is 1. The van der Waals surface area contributed by atoms with E-state index >= 15 is 0 Å². The molecule has 0 spiro atoms. The van der Waals surface area contributed by atoms with Crippen LogP contribution in [0.3, 0.4) is 0 Å². The van der Waals surface area contributed by atoms with Crippen LogP contribution in [0.15, 0.2) is 28.7 Å². The fourth-order valence-electron chi connectivity index (χ4n) is 1.57. The summed E-state index contributed by atoms with van der Waals surface area (Å²) in [5.41, 5.74) is 0.870. The molecule has 20 heavy (non-hydrogen) atoms. The van der Waals surface area contributed by atoms with E-state index in [0.717, 1.165) is 10.0 Å². The van der Waals surface area contributed by atoms with Gasteiger partial charge in [-0.2, -0.15) is 0 Å². The Morgan fingerprint density at radius 3 is 2.60 bits per heavy atom. The number of carbonyl (C=O) groups is 1. The molecule has 0 bridgehead atoms. The highest BCUT2D eigenvalue weighted by atomic mass is 79.9. The van der Waals surface area contributed by atoms with Crippen LogP contribution in [0.4, 0.5) is 0 Å². The first kappa shape index (κ1) is 17.1. The molecule has 0 saturated heterocycles. The van der Waals surface area contributed by atoms with Gasteiger partial charge >= 0.3 is 5.97 Å². The zero-order chi connectivity index (χ0) is 15.2. The van der Waals surface area contributed by atoms with Gasteiger partial charge < -0.3 is 4.74 Å². The largest absolute Gasteiger partial charge is 0.466 e. The molecular formula is C13H18BrNO4S. The van der Waals surface area contributed by atoms with Crippen LogP contribution in [0.1, 0.15) is 18.9 Å². The van der Waals surface area contributed by atoms with Crippen LogP contribution < -0.4 is 0 Å². The summed E-state index contributed by atoms with van der Waals surface area (Å²) >= 11 is 3.38. The zero-order valence-corrected chi connectivity index (χ0v) is 13.9. The standard InChI is InChI=1S/C13H18BrNO4S/c1-3-19-13(16)8-9-20(17,18)15(2)10-11-6-4-5-7-12(11)14/h4-7H,3,8-10H2,1-2H3. The van der Waals surface area contributed by atoms with Crippen LogP contribution in [0, 0.1) is 0 Å². The van der Waals surface area contributed by atoms with Gasteiger partial charge in [0.05, 0.1) is 18.8 Å². The van der Waals surface area contributed by atoms with E-state index < -0.39 is 16.0 Å². The molecule has 1 aromatic rings. The van der Waals surface area contributed by atoms with Gasteiger partial charge in [0.15, 0.2) is 0 Å². The second-order valence-corrected chi connectivity index (χ2v) is 7.27. The lowest BCUT2D eigenvalue weighted by molar-refractivity contribution is -0.142. The van der Waals surface area contributed by atoms with Crippen molar-refractivity contribution in [2.75, 3.05) is 19.4 Å². The minimum atomic E-state index is -3.48. The highest BCUT2D eigenvalue weighted by molar-refractivity contribution is 9.10. The first-order valence-electron chi connectivity index (χ1n) is 6.20. The fraction of sp³-hybridized carbons (Fsp3) is 0.462. The number of sulfonamides is 1. The molecule has 0 radical (unpaired) electrons. The first-order chi connectivity index (χ1) is 9.36. The maximum absolute atomic E-state index is 12.1. The SMILES string of the molecule is CCOC(=O)CCS(=O)(=O)N(C)Cc1ccccc1Br. The Bertz CT molecular complexity index is 559. The third-order valence-electron chi connectivity index (χ3n) is 2.70. The molecule has 0 N–H and O–H groups in total. The molecule has 0 aliphatic carbocycles. The minimum Gasteiger partial charge on any atom is -0.466 e. The Hall–Kier alpha value is -0.920. The second kappa shape index (κ2) is 7.75. The van der Waals surface area contributed by atoms with Crippen molar-refractivity contribution in [2.45, 2.75) is 19.9 Å². The van der Waals surface area contributed by atoms with Gasteiger partial charge in [0.25, 0.3) is 0 Å². The van der Waals surface area contributed by atoms with Gasteiger partial charge in [0, 0.05) is 18.1 Å². The van der Waals surface area contributed by atoms with Gasteiger partial charge in [-0.25, -0.2) is 12.7 Å². The van der Waals surface area contributed by atoms with Crippen molar-refractivity contribution in [1.82, 2.24) is 4.31 Å². The van der Waals surface area contributed by atoms with Crippen LogP contribution >= 0.6 is 15.9 Å². The normalized spacial score (nSPS) is 11.6. The summed E-state index contributed by atoms with van der Waals surface area (Å²) < 4.78 is 30.9. The van der Waals surface area contributed by atoms with Crippen molar-refractivity contribution in [1.29, 1.82) is 0 Å². The highest BCUT2D eigenvalue weighted by Gasteiger charge is 2.20. The number of rotatable bonds is 7. The van der Waals surface area contributed by atoms with Crippen molar-refractivity contribution in [3.05, 3.63) is 34.3 Å². The number of hydrogen-bond acceptors (Lipinski definition) is 4. The predicted octanol–water partition coefficient (Wildman–Crippen LogP) is 2.16. The number of esters is 1. The Kier molecular flexibility index (Phi) is 6.64. The second-order valence-electron chi connectivity index (χ2n) is 4.22. The molecule has 0 unspecified atom stereocenters. The van der Waals surface area contributed by atoms with Gasteiger partial charge in [-0.15, -0.1) is 0 Å².